The van der Waals surface area contributed by atoms with E-state index in [0.717, 1.165) is 0 Å². The molecule has 1 aromatic heterocycles. The van der Waals surface area contributed by atoms with Crippen LogP contribution in [0.25, 0.3) is 0 Å². The molecule has 1 aliphatic rings. The summed E-state index contributed by atoms with van der Waals surface area (Å²) >= 11 is 0. The molecule has 0 atom stereocenters. The SMILES string of the molecule is O=C1NCCO1.c1cncnc1. The van der Waals surface area contributed by atoms with Crippen LogP contribution in [0.1, 0.15) is 0 Å². The van der Waals surface area contributed by atoms with Gasteiger partial charge in [-0.25, -0.2) is 14.8 Å². The lowest BCUT2D eigenvalue weighted by atomic mass is 10.7. The quantitative estimate of drug-likeness (QED) is 0.599. The Kier molecular flexibility index (Phi) is 3.56. The molecular formula is C7H9N3O2. The average Bonchev–Trinajstić information content (AvgIpc) is 2.60. The number of nitrogens with zero attached hydrogens (tertiary/aromatic N) is 2. The van der Waals surface area contributed by atoms with E-state index in [0.29, 0.717) is 13.2 Å². The van der Waals surface area contributed by atoms with Crippen LogP contribution in [0.5, 0.6) is 0 Å². The summed E-state index contributed by atoms with van der Waals surface area (Å²) in [4.78, 5) is 17.3. The van der Waals surface area contributed by atoms with Gasteiger partial charge in [0.2, 0.25) is 0 Å². The van der Waals surface area contributed by atoms with Gasteiger partial charge in [0.05, 0.1) is 6.54 Å². The van der Waals surface area contributed by atoms with Crippen LogP contribution in [0.2, 0.25) is 0 Å². The van der Waals surface area contributed by atoms with Gasteiger partial charge < -0.3 is 10.1 Å². The molecule has 5 nitrogen and oxygen atoms in total. The van der Waals surface area contributed by atoms with Crippen LogP contribution in [-0.4, -0.2) is 29.2 Å². The van der Waals surface area contributed by atoms with Gasteiger partial charge in [-0.3, -0.25) is 0 Å². The van der Waals surface area contributed by atoms with E-state index in [1.165, 1.54) is 6.33 Å². The fraction of sp³-hybridized carbons (Fsp3) is 0.286. The van der Waals surface area contributed by atoms with Gasteiger partial charge in [-0.2, -0.15) is 0 Å². The standard InChI is InChI=1S/C4H4N2.C3H5NO2/c1-2-5-4-6-3-1;5-3-4-1-2-6-3/h1-4H;1-2H2,(H,4,5). The molecule has 0 aliphatic carbocycles. The van der Waals surface area contributed by atoms with E-state index in [1.54, 1.807) is 18.5 Å². The molecular weight excluding hydrogens is 158 g/mol. The summed E-state index contributed by atoms with van der Waals surface area (Å²) in [7, 11) is 0. The number of rotatable bonds is 0. The third-order valence-corrected chi connectivity index (χ3v) is 1.08. The Morgan fingerprint density at radius 2 is 2.17 bits per heavy atom. The fourth-order valence-electron chi connectivity index (χ4n) is 0.601. The molecule has 0 saturated carbocycles. The molecule has 64 valence electrons. The van der Waals surface area contributed by atoms with Crippen LogP contribution in [0.3, 0.4) is 0 Å². The van der Waals surface area contributed by atoms with Crippen LogP contribution in [0.15, 0.2) is 24.8 Å². The van der Waals surface area contributed by atoms with Crippen molar-refractivity contribution in [3.8, 4) is 0 Å². The molecule has 0 unspecified atom stereocenters. The molecule has 1 aliphatic heterocycles. The Labute approximate surface area is 69.8 Å². The zero-order chi connectivity index (χ0) is 8.65. The molecule has 1 fully saturated rings. The number of hydrogen-bond acceptors (Lipinski definition) is 4. The van der Waals surface area contributed by atoms with Crippen molar-refractivity contribution in [2.24, 2.45) is 0 Å². The number of cyclic esters (lactones) is 1. The summed E-state index contributed by atoms with van der Waals surface area (Å²) in [6.07, 6.45) is 4.58. The van der Waals surface area contributed by atoms with Crippen molar-refractivity contribution in [1.29, 1.82) is 0 Å². The molecule has 0 bridgehead atoms. The Morgan fingerprint density at radius 1 is 1.42 bits per heavy atom. The summed E-state index contributed by atoms with van der Waals surface area (Å²) in [5.74, 6) is 0. The minimum absolute atomic E-state index is 0.296. The number of carbonyl (C=O) groups excluding carboxylic acids is 1. The normalized spacial score (nSPS) is 13.8. The second kappa shape index (κ2) is 5.06. The van der Waals surface area contributed by atoms with Crippen LogP contribution in [0, 0.1) is 0 Å². The van der Waals surface area contributed by atoms with E-state index in [9.17, 15) is 4.79 Å². The molecule has 0 radical (unpaired) electrons. The number of nitrogens with one attached hydrogen (secondary N) is 1. The van der Waals surface area contributed by atoms with Crippen LogP contribution in [0.4, 0.5) is 4.79 Å². The number of aromatic nitrogens is 2. The van der Waals surface area contributed by atoms with Gasteiger partial charge >= 0.3 is 6.09 Å². The maximum atomic E-state index is 9.91. The molecule has 0 spiro atoms. The monoisotopic (exact) mass is 167 g/mol. The molecule has 2 rings (SSSR count). The lowest BCUT2D eigenvalue weighted by Crippen LogP contribution is -2.11. The van der Waals surface area contributed by atoms with Gasteiger partial charge in [0.15, 0.2) is 0 Å². The molecule has 2 heterocycles. The highest BCUT2D eigenvalue weighted by Gasteiger charge is 2.06. The van der Waals surface area contributed by atoms with Crippen molar-refractivity contribution in [3.05, 3.63) is 24.8 Å². The van der Waals surface area contributed by atoms with Crippen LogP contribution >= 0.6 is 0 Å². The van der Waals surface area contributed by atoms with E-state index in [-0.39, 0.29) is 6.09 Å². The first-order valence-corrected chi connectivity index (χ1v) is 3.50. The van der Waals surface area contributed by atoms with Crippen molar-refractivity contribution < 1.29 is 9.53 Å². The third-order valence-electron chi connectivity index (χ3n) is 1.08. The Bertz CT molecular complexity index is 193. The highest BCUT2D eigenvalue weighted by molar-refractivity contribution is 5.68. The largest absolute Gasteiger partial charge is 0.448 e. The molecule has 1 amide bonds. The highest BCUT2D eigenvalue weighted by atomic mass is 16.6. The number of carbonyl (C=O) groups is 1. The predicted octanol–water partition coefficient (Wildman–Crippen LogP) is 0.203. The number of ether oxygens (including phenoxy) is 1. The zero-order valence-electron chi connectivity index (χ0n) is 6.43. The maximum Gasteiger partial charge on any atom is 0.407 e. The van der Waals surface area contributed by atoms with Gasteiger partial charge in [-0.15, -0.1) is 0 Å². The van der Waals surface area contributed by atoms with Crippen LogP contribution < -0.4 is 5.32 Å². The van der Waals surface area contributed by atoms with Gasteiger partial charge in [0.25, 0.3) is 0 Å². The summed E-state index contributed by atoms with van der Waals surface area (Å²) in [6.45, 7) is 1.19. The van der Waals surface area contributed by atoms with Gasteiger partial charge in [-0.05, 0) is 6.07 Å². The summed E-state index contributed by atoms with van der Waals surface area (Å²) in [5.41, 5.74) is 0. The van der Waals surface area contributed by atoms with Gasteiger partial charge in [-0.1, -0.05) is 0 Å². The molecule has 5 heteroatoms. The highest BCUT2D eigenvalue weighted by Crippen LogP contribution is 1.82. The van der Waals surface area contributed by atoms with E-state index < -0.39 is 0 Å². The minimum Gasteiger partial charge on any atom is -0.448 e. The molecule has 1 aromatic rings. The van der Waals surface area contributed by atoms with Crippen LogP contribution in [-0.2, 0) is 4.74 Å². The number of alkyl carbamates (subject to hydrolysis) is 1. The molecule has 12 heavy (non-hydrogen) atoms. The van der Waals surface area contributed by atoms with E-state index >= 15 is 0 Å². The molecule has 1 N–H and O–H groups in total. The van der Waals surface area contributed by atoms with E-state index in [4.69, 9.17) is 0 Å². The summed E-state index contributed by atoms with van der Waals surface area (Å²) in [5, 5.41) is 2.46. The average molecular weight is 167 g/mol. The smallest absolute Gasteiger partial charge is 0.407 e. The van der Waals surface area contributed by atoms with E-state index in [2.05, 4.69) is 20.0 Å². The topological polar surface area (TPSA) is 64.1 Å². The van der Waals surface area contributed by atoms with Crippen molar-refractivity contribution in [3.63, 3.8) is 0 Å². The Morgan fingerprint density at radius 3 is 2.33 bits per heavy atom. The Hall–Kier alpha value is -1.65. The van der Waals surface area contributed by atoms with Crippen molar-refractivity contribution in [2.45, 2.75) is 0 Å². The lowest BCUT2D eigenvalue weighted by Gasteiger charge is -1.80. The lowest BCUT2D eigenvalue weighted by molar-refractivity contribution is 0.178. The van der Waals surface area contributed by atoms with Crippen molar-refractivity contribution >= 4 is 6.09 Å². The minimum atomic E-state index is -0.296. The summed E-state index contributed by atoms with van der Waals surface area (Å²) < 4.78 is 4.40. The van der Waals surface area contributed by atoms with Gasteiger partial charge in [0, 0.05) is 12.4 Å². The summed E-state index contributed by atoms with van der Waals surface area (Å²) in [6, 6.07) is 1.78. The van der Waals surface area contributed by atoms with Gasteiger partial charge in [0.1, 0.15) is 12.9 Å². The maximum absolute atomic E-state index is 9.91. The second-order valence-corrected chi connectivity index (χ2v) is 1.97. The third kappa shape index (κ3) is 3.50. The van der Waals surface area contributed by atoms with E-state index in [1.807, 2.05) is 0 Å². The first-order chi connectivity index (χ1) is 5.89. The molecule has 1 saturated heterocycles. The van der Waals surface area contributed by atoms with Crippen molar-refractivity contribution in [2.75, 3.05) is 13.2 Å². The first kappa shape index (κ1) is 8.45. The predicted molar refractivity (Wildman–Crippen MR) is 41.4 cm³/mol. The fourth-order valence-corrected chi connectivity index (χ4v) is 0.601. The molecule has 0 aromatic carbocycles. The Balaban J connectivity index is 0.000000120. The second-order valence-electron chi connectivity index (χ2n) is 1.97. The number of amides is 1. The van der Waals surface area contributed by atoms with Crippen molar-refractivity contribution in [1.82, 2.24) is 15.3 Å². The number of hydrogen-bond donors (Lipinski definition) is 1. The first-order valence-electron chi connectivity index (χ1n) is 3.50. The zero-order valence-corrected chi connectivity index (χ0v) is 6.43.